The van der Waals surface area contributed by atoms with Gasteiger partial charge < -0.3 is 4.74 Å². The zero-order valence-corrected chi connectivity index (χ0v) is 15.0. The molecule has 2 aromatic rings. The van der Waals surface area contributed by atoms with Crippen LogP contribution in [0, 0.1) is 5.82 Å². The first kappa shape index (κ1) is 18.5. The van der Waals surface area contributed by atoms with Crippen LogP contribution in [0.2, 0.25) is 0 Å². The third-order valence-electron chi connectivity index (χ3n) is 4.35. The number of hydrogen-bond donors (Lipinski definition) is 0. The van der Waals surface area contributed by atoms with Crippen molar-refractivity contribution in [3.05, 3.63) is 66.0 Å². The van der Waals surface area contributed by atoms with Crippen LogP contribution in [0.3, 0.4) is 0 Å². The van der Waals surface area contributed by atoms with Crippen molar-refractivity contribution in [1.29, 1.82) is 0 Å². The molecule has 1 aliphatic heterocycles. The topological polar surface area (TPSA) is 63.7 Å². The van der Waals surface area contributed by atoms with Gasteiger partial charge in [-0.3, -0.25) is 4.79 Å². The summed E-state index contributed by atoms with van der Waals surface area (Å²) >= 11 is 0. The molecule has 138 valence electrons. The van der Waals surface area contributed by atoms with Crippen molar-refractivity contribution in [2.75, 3.05) is 6.54 Å². The van der Waals surface area contributed by atoms with E-state index in [2.05, 4.69) is 0 Å². The normalized spacial score (nSPS) is 18.4. The van der Waals surface area contributed by atoms with E-state index >= 15 is 0 Å². The number of ether oxygens (including phenoxy) is 1. The Morgan fingerprint density at radius 2 is 1.88 bits per heavy atom. The lowest BCUT2D eigenvalue weighted by atomic mass is 10.1. The van der Waals surface area contributed by atoms with Crippen LogP contribution in [0.5, 0.6) is 0 Å². The second-order valence-corrected chi connectivity index (χ2v) is 8.07. The molecule has 0 amide bonds. The number of esters is 1. The van der Waals surface area contributed by atoms with Gasteiger partial charge in [-0.25, -0.2) is 12.8 Å². The molecule has 0 spiro atoms. The van der Waals surface area contributed by atoms with Crippen molar-refractivity contribution in [3.63, 3.8) is 0 Å². The molecule has 0 aromatic heterocycles. The maximum atomic E-state index is 13.2. The standard InChI is InChI=1S/C19H20FNO4S/c20-16-8-6-7-15(13-16)14-25-19(22)18-11-4-5-12-21(18)26(23,24)17-9-2-1-3-10-17/h1-3,6-10,13,18H,4-5,11-12,14H2. The summed E-state index contributed by atoms with van der Waals surface area (Å²) < 4.78 is 45.5. The molecule has 26 heavy (non-hydrogen) atoms. The predicted octanol–water partition coefficient (Wildman–Crippen LogP) is 3.11. The Bertz CT molecular complexity index is 870. The number of hydrogen-bond acceptors (Lipinski definition) is 4. The van der Waals surface area contributed by atoms with Crippen molar-refractivity contribution >= 4 is 16.0 Å². The quantitative estimate of drug-likeness (QED) is 0.751. The number of carbonyl (C=O) groups excluding carboxylic acids is 1. The van der Waals surface area contributed by atoms with Gasteiger partial charge in [0.05, 0.1) is 4.90 Å². The van der Waals surface area contributed by atoms with E-state index in [1.807, 2.05) is 0 Å². The van der Waals surface area contributed by atoms with Crippen molar-refractivity contribution in [1.82, 2.24) is 4.31 Å². The van der Waals surface area contributed by atoms with E-state index in [-0.39, 0.29) is 18.0 Å². The number of rotatable bonds is 5. The Hall–Kier alpha value is -2.25. The highest BCUT2D eigenvalue weighted by Gasteiger charge is 2.38. The number of nitrogens with zero attached hydrogens (tertiary/aromatic N) is 1. The van der Waals surface area contributed by atoms with Crippen LogP contribution in [-0.2, 0) is 26.2 Å². The fourth-order valence-corrected chi connectivity index (χ4v) is 4.70. The first-order chi connectivity index (χ1) is 12.5. The van der Waals surface area contributed by atoms with E-state index in [0.717, 1.165) is 6.42 Å². The zero-order valence-electron chi connectivity index (χ0n) is 14.2. The Labute approximate surface area is 152 Å². The highest BCUT2D eigenvalue weighted by atomic mass is 32.2. The van der Waals surface area contributed by atoms with Crippen LogP contribution >= 0.6 is 0 Å². The highest BCUT2D eigenvalue weighted by Crippen LogP contribution is 2.26. The molecule has 1 unspecified atom stereocenters. The smallest absolute Gasteiger partial charge is 0.324 e. The van der Waals surface area contributed by atoms with Crippen LogP contribution in [0.15, 0.2) is 59.5 Å². The molecule has 0 N–H and O–H groups in total. The molecule has 1 heterocycles. The number of sulfonamides is 1. The van der Waals surface area contributed by atoms with Crippen molar-refractivity contribution in [3.8, 4) is 0 Å². The van der Waals surface area contributed by atoms with Gasteiger partial charge in [-0.2, -0.15) is 4.31 Å². The van der Waals surface area contributed by atoms with E-state index in [0.29, 0.717) is 18.4 Å². The minimum Gasteiger partial charge on any atom is -0.460 e. The minimum atomic E-state index is -3.77. The van der Waals surface area contributed by atoms with Crippen LogP contribution in [0.25, 0.3) is 0 Å². The monoisotopic (exact) mass is 377 g/mol. The van der Waals surface area contributed by atoms with Crippen molar-refractivity contribution < 1.29 is 22.3 Å². The van der Waals surface area contributed by atoms with Crippen molar-refractivity contribution in [2.45, 2.75) is 36.8 Å². The summed E-state index contributed by atoms with van der Waals surface area (Å²) in [6.45, 7) is 0.184. The maximum Gasteiger partial charge on any atom is 0.324 e. The van der Waals surface area contributed by atoms with E-state index in [1.165, 1.54) is 34.6 Å². The molecule has 1 atom stereocenters. The molecule has 5 nitrogen and oxygen atoms in total. The Balaban J connectivity index is 1.75. The molecule has 2 aromatic carbocycles. The first-order valence-corrected chi connectivity index (χ1v) is 9.90. The van der Waals surface area contributed by atoms with Gasteiger partial charge in [0.1, 0.15) is 18.5 Å². The molecule has 0 bridgehead atoms. The van der Waals surface area contributed by atoms with E-state index in [4.69, 9.17) is 4.74 Å². The van der Waals surface area contributed by atoms with Gasteiger partial charge in [0.2, 0.25) is 10.0 Å². The molecule has 1 aliphatic rings. The van der Waals surface area contributed by atoms with Gasteiger partial charge in [0.15, 0.2) is 0 Å². The summed E-state index contributed by atoms with van der Waals surface area (Å²) in [5.74, 6) is -1.02. The lowest BCUT2D eigenvalue weighted by molar-refractivity contribution is -0.150. The Morgan fingerprint density at radius 3 is 2.62 bits per heavy atom. The molecule has 0 aliphatic carbocycles. The Kier molecular flexibility index (Phi) is 5.68. The number of piperidine rings is 1. The summed E-state index contributed by atoms with van der Waals surface area (Å²) in [5, 5.41) is 0. The van der Waals surface area contributed by atoms with Gasteiger partial charge in [-0.1, -0.05) is 30.3 Å². The van der Waals surface area contributed by atoms with Gasteiger partial charge in [0, 0.05) is 6.54 Å². The zero-order chi connectivity index (χ0) is 18.6. The van der Waals surface area contributed by atoms with Gasteiger partial charge in [0.25, 0.3) is 0 Å². The van der Waals surface area contributed by atoms with E-state index in [9.17, 15) is 17.6 Å². The fourth-order valence-electron chi connectivity index (χ4n) is 3.03. The fraction of sp³-hybridized carbons (Fsp3) is 0.316. The molecule has 3 rings (SSSR count). The molecular formula is C19H20FNO4S. The SMILES string of the molecule is O=C(OCc1cccc(F)c1)C1CCCCN1S(=O)(=O)c1ccccc1. The molecule has 0 radical (unpaired) electrons. The van der Waals surface area contributed by atoms with Gasteiger partial charge >= 0.3 is 5.97 Å². The number of carbonyl (C=O) groups is 1. The van der Waals surface area contributed by atoms with Crippen LogP contribution in [-0.4, -0.2) is 31.3 Å². The molecule has 1 saturated heterocycles. The highest BCUT2D eigenvalue weighted by molar-refractivity contribution is 7.89. The van der Waals surface area contributed by atoms with E-state index in [1.54, 1.807) is 24.3 Å². The van der Waals surface area contributed by atoms with Crippen LogP contribution in [0.4, 0.5) is 4.39 Å². The predicted molar refractivity (Wildman–Crippen MR) is 94.2 cm³/mol. The third kappa shape index (κ3) is 4.11. The summed E-state index contributed by atoms with van der Waals surface area (Å²) in [6, 6.07) is 13.0. The van der Waals surface area contributed by atoms with Gasteiger partial charge in [-0.05, 0) is 49.1 Å². The van der Waals surface area contributed by atoms with Crippen LogP contribution in [0.1, 0.15) is 24.8 Å². The van der Waals surface area contributed by atoms with E-state index < -0.39 is 27.9 Å². The van der Waals surface area contributed by atoms with Gasteiger partial charge in [-0.15, -0.1) is 0 Å². The summed E-state index contributed by atoms with van der Waals surface area (Å²) in [4.78, 5) is 12.7. The first-order valence-electron chi connectivity index (χ1n) is 8.46. The number of halogens is 1. The largest absolute Gasteiger partial charge is 0.460 e. The van der Waals surface area contributed by atoms with Crippen LogP contribution < -0.4 is 0 Å². The summed E-state index contributed by atoms with van der Waals surface area (Å²) in [7, 11) is -3.77. The Morgan fingerprint density at radius 1 is 1.12 bits per heavy atom. The lowest BCUT2D eigenvalue weighted by Crippen LogP contribution is -2.48. The molecular weight excluding hydrogens is 357 g/mol. The third-order valence-corrected chi connectivity index (χ3v) is 6.27. The minimum absolute atomic E-state index is 0.0910. The van der Waals surface area contributed by atoms with Crippen molar-refractivity contribution in [2.24, 2.45) is 0 Å². The second kappa shape index (κ2) is 7.97. The average Bonchev–Trinajstić information content (AvgIpc) is 2.67. The summed E-state index contributed by atoms with van der Waals surface area (Å²) in [5.41, 5.74) is 0.520. The average molecular weight is 377 g/mol. The second-order valence-electron chi connectivity index (χ2n) is 6.18. The molecule has 7 heteroatoms. The number of benzene rings is 2. The molecule has 1 fully saturated rings. The lowest BCUT2D eigenvalue weighted by Gasteiger charge is -2.33. The maximum absolute atomic E-state index is 13.2. The molecule has 0 saturated carbocycles. The summed E-state index contributed by atoms with van der Waals surface area (Å²) in [6.07, 6.45) is 1.86.